The first-order valence-corrected chi connectivity index (χ1v) is 12.7. The lowest BCUT2D eigenvalue weighted by atomic mass is 10.1. The van der Waals surface area contributed by atoms with Crippen molar-refractivity contribution >= 4 is 36.2 Å². The molecule has 0 aliphatic rings. The molecule has 11 heteroatoms. The summed E-state index contributed by atoms with van der Waals surface area (Å²) in [5.74, 6) is -1.03. The van der Waals surface area contributed by atoms with Crippen LogP contribution < -0.4 is 16.0 Å². The molecule has 0 atom stereocenters. The molecule has 3 N–H and O–H groups in total. The number of amides is 1. The largest absolute Gasteiger partial charge is 0.421 e. The molecule has 7 nitrogen and oxygen atoms in total. The van der Waals surface area contributed by atoms with Gasteiger partial charge in [0.25, 0.3) is 5.91 Å². The van der Waals surface area contributed by atoms with Gasteiger partial charge in [0.15, 0.2) is 0 Å². The van der Waals surface area contributed by atoms with Crippen LogP contribution in [0.1, 0.15) is 21.5 Å². The predicted octanol–water partition coefficient (Wildman–Crippen LogP) is 5.46. The summed E-state index contributed by atoms with van der Waals surface area (Å²) in [6, 6.07) is 13.2. The second kappa shape index (κ2) is 9.62. The van der Waals surface area contributed by atoms with Gasteiger partial charge in [0, 0.05) is 25.1 Å². The highest BCUT2D eigenvalue weighted by Crippen LogP contribution is 2.41. The zero-order chi connectivity index (χ0) is 24.2. The standard InChI is InChI=1S/C22H23F3N5O2P/c1-26-20(31)16-9-4-5-10-18(16)29-19-17(22(23,24)25)12-27-21(30-19)28-15-8-6-7-14(11-15)13-33(2,3)32/h4-12H,13H2,1-3H3,(H,26,31)(H2,27,28,29,30). The van der Waals surface area contributed by atoms with Gasteiger partial charge in [-0.1, -0.05) is 24.3 Å². The number of para-hydroxylation sites is 1. The molecule has 0 aliphatic heterocycles. The Bertz CT molecular complexity index is 1210. The third-order valence-electron chi connectivity index (χ3n) is 4.49. The van der Waals surface area contributed by atoms with E-state index in [0.717, 1.165) is 5.56 Å². The van der Waals surface area contributed by atoms with Gasteiger partial charge in [0.05, 0.1) is 18.4 Å². The van der Waals surface area contributed by atoms with Crippen LogP contribution in [0.15, 0.2) is 54.7 Å². The number of rotatable bonds is 7. The molecule has 1 heterocycles. The van der Waals surface area contributed by atoms with Crippen LogP contribution in [0.2, 0.25) is 0 Å². The first kappa shape index (κ1) is 24.3. The number of hydrogen-bond acceptors (Lipinski definition) is 6. The summed E-state index contributed by atoms with van der Waals surface area (Å²) < 4.78 is 52.9. The average Bonchev–Trinajstić information content (AvgIpc) is 2.72. The molecular weight excluding hydrogens is 454 g/mol. The van der Waals surface area contributed by atoms with Crippen LogP contribution in [0, 0.1) is 0 Å². The van der Waals surface area contributed by atoms with E-state index in [2.05, 4.69) is 25.9 Å². The Morgan fingerprint density at radius 2 is 1.79 bits per heavy atom. The molecule has 0 saturated heterocycles. The zero-order valence-electron chi connectivity index (χ0n) is 18.2. The summed E-state index contributed by atoms with van der Waals surface area (Å²) in [5, 5.41) is 7.96. The maximum absolute atomic E-state index is 13.6. The Morgan fingerprint density at radius 3 is 2.45 bits per heavy atom. The predicted molar refractivity (Wildman–Crippen MR) is 123 cm³/mol. The Labute approximate surface area is 189 Å². The van der Waals surface area contributed by atoms with E-state index in [-0.39, 0.29) is 17.2 Å². The van der Waals surface area contributed by atoms with Gasteiger partial charge < -0.3 is 20.5 Å². The number of alkyl halides is 3. The lowest BCUT2D eigenvalue weighted by molar-refractivity contribution is -0.137. The van der Waals surface area contributed by atoms with Crippen molar-refractivity contribution in [1.82, 2.24) is 15.3 Å². The van der Waals surface area contributed by atoms with Crippen molar-refractivity contribution in [2.75, 3.05) is 31.0 Å². The zero-order valence-corrected chi connectivity index (χ0v) is 19.1. The van der Waals surface area contributed by atoms with E-state index < -0.39 is 30.6 Å². The lowest BCUT2D eigenvalue weighted by Gasteiger charge is -2.16. The fourth-order valence-corrected chi connectivity index (χ4v) is 4.19. The summed E-state index contributed by atoms with van der Waals surface area (Å²) in [7, 11) is -0.877. The van der Waals surface area contributed by atoms with Crippen molar-refractivity contribution in [3.63, 3.8) is 0 Å². The maximum Gasteiger partial charge on any atom is 0.421 e. The van der Waals surface area contributed by atoms with Crippen molar-refractivity contribution in [2.45, 2.75) is 12.3 Å². The summed E-state index contributed by atoms with van der Waals surface area (Å²) in [6.45, 7) is 3.36. The number of carbonyl (C=O) groups excluding carboxylic acids is 1. The number of halogens is 3. The third-order valence-corrected chi connectivity index (χ3v) is 5.62. The number of nitrogens with zero attached hydrogens (tertiary/aromatic N) is 2. The van der Waals surface area contributed by atoms with E-state index in [4.69, 9.17) is 0 Å². The second-order valence-electron chi connectivity index (χ2n) is 7.76. The van der Waals surface area contributed by atoms with Crippen molar-refractivity contribution in [3.8, 4) is 0 Å². The highest BCUT2D eigenvalue weighted by Gasteiger charge is 2.35. The van der Waals surface area contributed by atoms with Crippen LogP contribution >= 0.6 is 7.14 Å². The van der Waals surface area contributed by atoms with Gasteiger partial charge in [-0.25, -0.2) is 4.98 Å². The molecule has 0 unspecified atom stereocenters. The Hall–Kier alpha value is -3.39. The monoisotopic (exact) mass is 477 g/mol. The molecule has 0 saturated carbocycles. The SMILES string of the molecule is CNC(=O)c1ccccc1Nc1nc(Nc2cccc(CP(C)(C)=O)c2)ncc1C(F)(F)F. The van der Waals surface area contributed by atoms with Gasteiger partial charge in [0.1, 0.15) is 11.4 Å². The Balaban J connectivity index is 1.96. The number of benzene rings is 2. The minimum absolute atomic E-state index is 0.0729. The number of carbonyl (C=O) groups is 1. The molecule has 0 spiro atoms. The van der Waals surface area contributed by atoms with Crippen LogP contribution in [-0.2, 0) is 16.9 Å². The van der Waals surface area contributed by atoms with Gasteiger partial charge in [-0.2, -0.15) is 18.2 Å². The quantitative estimate of drug-likeness (QED) is 0.391. The van der Waals surface area contributed by atoms with Crippen molar-refractivity contribution < 1.29 is 22.5 Å². The van der Waals surface area contributed by atoms with Gasteiger partial charge in [0.2, 0.25) is 5.95 Å². The molecule has 0 radical (unpaired) electrons. The van der Waals surface area contributed by atoms with Crippen LogP contribution in [0.3, 0.4) is 0 Å². The van der Waals surface area contributed by atoms with Crippen LogP contribution in [-0.4, -0.2) is 36.3 Å². The van der Waals surface area contributed by atoms with Gasteiger partial charge >= 0.3 is 6.18 Å². The highest BCUT2D eigenvalue weighted by molar-refractivity contribution is 7.61. The molecule has 1 amide bonds. The molecule has 1 aromatic heterocycles. The van der Waals surface area contributed by atoms with E-state index in [9.17, 15) is 22.5 Å². The fourth-order valence-electron chi connectivity index (χ4n) is 3.11. The number of hydrogen-bond donors (Lipinski definition) is 3. The van der Waals surface area contributed by atoms with E-state index in [0.29, 0.717) is 18.0 Å². The number of nitrogens with one attached hydrogen (secondary N) is 3. The van der Waals surface area contributed by atoms with E-state index in [1.807, 2.05) is 6.07 Å². The smallest absolute Gasteiger partial charge is 0.355 e. The topological polar surface area (TPSA) is 96.0 Å². The summed E-state index contributed by atoms with van der Waals surface area (Å²) in [4.78, 5) is 19.9. The number of aromatic nitrogens is 2. The molecule has 3 rings (SSSR count). The van der Waals surface area contributed by atoms with Gasteiger partial charge in [-0.05, 0) is 43.2 Å². The lowest BCUT2D eigenvalue weighted by Crippen LogP contribution is -2.20. The molecule has 3 aromatic rings. The van der Waals surface area contributed by atoms with Gasteiger partial charge in [-0.3, -0.25) is 4.79 Å². The Morgan fingerprint density at radius 1 is 1.06 bits per heavy atom. The second-order valence-corrected chi connectivity index (χ2v) is 11.2. The molecule has 0 fully saturated rings. The molecule has 33 heavy (non-hydrogen) atoms. The van der Waals surface area contributed by atoms with E-state index in [1.54, 1.807) is 43.7 Å². The molecular formula is C22H23F3N5O2P. The molecule has 2 aromatic carbocycles. The highest BCUT2D eigenvalue weighted by atomic mass is 31.2. The van der Waals surface area contributed by atoms with Crippen molar-refractivity contribution in [2.24, 2.45) is 0 Å². The first-order chi connectivity index (χ1) is 15.5. The minimum Gasteiger partial charge on any atom is -0.355 e. The van der Waals surface area contributed by atoms with E-state index in [1.165, 1.54) is 19.2 Å². The number of anilines is 4. The minimum atomic E-state index is -4.72. The maximum atomic E-state index is 13.6. The van der Waals surface area contributed by atoms with Crippen molar-refractivity contribution in [1.29, 1.82) is 0 Å². The summed E-state index contributed by atoms with van der Waals surface area (Å²) >= 11 is 0. The average molecular weight is 477 g/mol. The first-order valence-electron chi connectivity index (χ1n) is 9.88. The summed E-state index contributed by atoms with van der Waals surface area (Å²) in [6.07, 6.45) is -3.65. The van der Waals surface area contributed by atoms with Gasteiger partial charge in [-0.15, -0.1) is 0 Å². The van der Waals surface area contributed by atoms with Crippen LogP contribution in [0.5, 0.6) is 0 Å². The Kier molecular flexibility index (Phi) is 7.07. The summed E-state index contributed by atoms with van der Waals surface area (Å²) in [5.41, 5.74) is 0.607. The van der Waals surface area contributed by atoms with Crippen LogP contribution in [0.4, 0.5) is 36.3 Å². The molecule has 0 aliphatic carbocycles. The van der Waals surface area contributed by atoms with Crippen molar-refractivity contribution in [3.05, 3.63) is 71.4 Å². The molecule has 174 valence electrons. The van der Waals surface area contributed by atoms with Crippen LogP contribution in [0.25, 0.3) is 0 Å². The fraction of sp³-hybridized carbons (Fsp3) is 0.227. The van der Waals surface area contributed by atoms with E-state index >= 15 is 0 Å². The normalized spacial score (nSPS) is 11.7. The molecule has 0 bridgehead atoms. The third kappa shape index (κ3) is 6.55.